The van der Waals surface area contributed by atoms with Gasteiger partial charge in [-0.05, 0) is 61.6 Å². The number of ether oxygens (including phenoxy) is 2. The Kier molecular flexibility index (Phi) is 6.85. The molecule has 3 aliphatic rings. The molecule has 1 saturated carbocycles. The van der Waals surface area contributed by atoms with E-state index >= 15 is 0 Å². The first kappa shape index (κ1) is 24.2. The standard InChI is InChI=1S/C25H30F4N4O2/c1-34-19-2-3-20(22(26)10-19)23-11-21(25(27,28)29)24(32-31-23)30-18-8-16-13-33(14-17(16)9-18)12-15-4-6-35-7-5-15/h2-3,10-11,15-18H,4-9,12-14H2,1H3,(H,30,32)/t16-,17-/m1/s1. The van der Waals surface area contributed by atoms with Crippen LogP contribution in [0.3, 0.4) is 0 Å². The molecule has 2 aliphatic heterocycles. The molecule has 0 radical (unpaired) electrons. The van der Waals surface area contributed by atoms with Crippen LogP contribution in [-0.2, 0) is 10.9 Å². The maximum absolute atomic E-state index is 14.4. The quantitative estimate of drug-likeness (QED) is 0.579. The highest BCUT2D eigenvalue weighted by Gasteiger charge is 2.43. The Morgan fingerprint density at radius 1 is 1.09 bits per heavy atom. The van der Waals surface area contributed by atoms with Gasteiger partial charge in [0.25, 0.3) is 0 Å². The van der Waals surface area contributed by atoms with Gasteiger partial charge in [-0.1, -0.05) is 0 Å². The number of nitrogens with zero attached hydrogens (tertiary/aromatic N) is 3. The van der Waals surface area contributed by atoms with E-state index in [9.17, 15) is 17.6 Å². The van der Waals surface area contributed by atoms with Gasteiger partial charge in [0.05, 0.1) is 12.8 Å². The second-order valence-electron chi connectivity index (χ2n) is 9.94. The smallest absolute Gasteiger partial charge is 0.420 e. The molecule has 3 heterocycles. The zero-order valence-electron chi connectivity index (χ0n) is 19.7. The summed E-state index contributed by atoms with van der Waals surface area (Å²) in [5.41, 5.74) is -1.17. The Morgan fingerprint density at radius 3 is 2.43 bits per heavy atom. The molecule has 0 bridgehead atoms. The van der Waals surface area contributed by atoms with Crippen molar-refractivity contribution >= 4 is 5.82 Å². The molecule has 5 rings (SSSR count). The van der Waals surface area contributed by atoms with Crippen molar-refractivity contribution in [2.24, 2.45) is 17.8 Å². The Hall–Kier alpha value is -2.46. The summed E-state index contributed by atoms with van der Waals surface area (Å²) in [6.07, 6.45) is -0.826. The van der Waals surface area contributed by atoms with Crippen molar-refractivity contribution in [2.75, 3.05) is 45.3 Å². The van der Waals surface area contributed by atoms with Crippen molar-refractivity contribution in [3.8, 4) is 17.0 Å². The van der Waals surface area contributed by atoms with Crippen molar-refractivity contribution in [3.05, 3.63) is 35.6 Å². The third-order valence-corrected chi connectivity index (χ3v) is 7.58. The van der Waals surface area contributed by atoms with Gasteiger partial charge >= 0.3 is 6.18 Å². The van der Waals surface area contributed by atoms with E-state index in [1.807, 2.05) is 0 Å². The Labute approximate surface area is 202 Å². The van der Waals surface area contributed by atoms with E-state index < -0.39 is 17.6 Å². The van der Waals surface area contributed by atoms with Crippen LogP contribution in [0.2, 0.25) is 0 Å². The topological polar surface area (TPSA) is 59.5 Å². The SMILES string of the molecule is COc1ccc(-c2cc(C(F)(F)F)c(NC3C[C@@H]4CN(CC5CCOCC5)C[C@H]4C3)nn2)c(F)c1. The first-order chi connectivity index (χ1) is 16.8. The molecule has 1 aromatic heterocycles. The third-order valence-electron chi connectivity index (χ3n) is 7.58. The molecule has 0 amide bonds. The predicted molar refractivity (Wildman–Crippen MR) is 123 cm³/mol. The fourth-order valence-electron chi connectivity index (χ4n) is 5.83. The van der Waals surface area contributed by atoms with E-state index in [0.717, 1.165) is 70.7 Å². The van der Waals surface area contributed by atoms with Gasteiger partial charge in [-0.3, -0.25) is 0 Å². The summed E-state index contributed by atoms with van der Waals surface area (Å²) in [6, 6.07) is 4.71. The molecule has 1 aromatic carbocycles. The number of methoxy groups -OCH3 is 1. The predicted octanol–water partition coefficient (Wildman–Crippen LogP) is 4.86. The molecular formula is C25H30F4N4O2. The number of hydrogen-bond donors (Lipinski definition) is 1. The van der Waals surface area contributed by atoms with E-state index in [-0.39, 0.29) is 28.9 Å². The maximum atomic E-state index is 14.4. The first-order valence-electron chi connectivity index (χ1n) is 12.2. The van der Waals surface area contributed by atoms with Gasteiger partial charge in [0.15, 0.2) is 5.82 Å². The number of fused-ring (bicyclic) bond motifs is 1. The fourth-order valence-corrected chi connectivity index (χ4v) is 5.83. The van der Waals surface area contributed by atoms with E-state index in [2.05, 4.69) is 20.4 Å². The van der Waals surface area contributed by atoms with Crippen LogP contribution in [0.4, 0.5) is 23.4 Å². The molecule has 2 aromatic rings. The number of aromatic nitrogens is 2. The summed E-state index contributed by atoms with van der Waals surface area (Å²) in [5.74, 6) is 0.882. The summed E-state index contributed by atoms with van der Waals surface area (Å²) in [7, 11) is 1.39. The Morgan fingerprint density at radius 2 is 1.80 bits per heavy atom. The number of benzene rings is 1. The van der Waals surface area contributed by atoms with Crippen molar-refractivity contribution in [1.29, 1.82) is 0 Å². The van der Waals surface area contributed by atoms with Gasteiger partial charge in [0, 0.05) is 50.5 Å². The summed E-state index contributed by atoms with van der Waals surface area (Å²) in [5, 5.41) is 10.8. The fraction of sp³-hybridized carbons (Fsp3) is 0.600. The van der Waals surface area contributed by atoms with Crippen LogP contribution >= 0.6 is 0 Å². The Bertz CT molecular complexity index is 1030. The molecule has 2 saturated heterocycles. The van der Waals surface area contributed by atoms with Crippen LogP contribution < -0.4 is 10.1 Å². The van der Waals surface area contributed by atoms with Crippen molar-refractivity contribution in [3.63, 3.8) is 0 Å². The molecule has 35 heavy (non-hydrogen) atoms. The van der Waals surface area contributed by atoms with Gasteiger partial charge in [-0.15, -0.1) is 10.2 Å². The molecule has 6 nitrogen and oxygen atoms in total. The minimum Gasteiger partial charge on any atom is -0.497 e. The second kappa shape index (κ2) is 9.89. The lowest BCUT2D eigenvalue weighted by Crippen LogP contribution is -2.32. The number of halogens is 4. The van der Waals surface area contributed by atoms with E-state index in [1.54, 1.807) is 0 Å². The van der Waals surface area contributed by atoms with Gasteiger partial charge in [-0.2, -0.15) is 13.2 Å². The van der Waals surface area contributed by atoms with Crippen molar-refractivity contribution in [1.82, 2.24) is 15.1 Å². The average Bonchev–Trinajstić information content (AvgIpc) is 3.37. The highest BCUT2D eigenvalue weighted by Crippen LogP contribution is 2.42. The van der Waals surface area contributed by atoms with Gasteiger partial charge in [-0.25, -0.2) is 4.39 Å². The lowest BCUT2D eigenvalue weighted by Gasteiger charge is -2.28. The monoisotopic (exact) mass is 494 g/mol. The zero-order valence-corrected chi connectivity index (χ0v) is 19.7. The molecule has 10 heteroatoms. The third kappa shape index (κ3) is 5.38. The number of rotatable bonds is 6. The lowest BCUT2D eigenvalue weighted by atomic mass is 10.00. The van der Waals surface area contributed by atoms with Crippen LogP contribution in [-0.4, -0.2) is 61.1 Å². The normalized spacial score (nSPS) is 24.0. The highest BCUT2D eigenvalue weighted by atomic mass is 19.4. The van der Waals surface area contributed by atoms with Crippen LogP contribution in [0.1, 0.15) is 31.2 Å². The van der Waals surface area contributed by atoms with E-state index in [0.29, 0.717) is 17.8 Å². The minimum atomic E-state index is -4.65. The average molecular weight is 495 g/mol. The summed E-state index contributed by atoms with van der Waals surface area (Å²) in [4.78, 5) is 2.51. The zero-order chi connectivity index (χ0) is 24.6. The first-order valence-corrected chi connectivity index (χ1v) is 12.2. The van der Waals surface area contributed by atoms with Crippen molar-refractivity contribution in [2.45, 2.75) is 37.9 Å². The number of nitrogens with one attached hydrogen (secondary N) is 1. The molecule has 190 valence electrons. The molecule has 0 spiro atoms. The van der Waals surface area contributed by atoms with Crippen LogP contribution in [0, 0.1) is 23.6 Å². The lowest BCUT2D eigenvalue weighted by molar-refractivity contribution is -0.137. The molecular weight excluding hydrogens is 464 g/mol. The van der Waals surface area contributed by atoms with Gasteiger partial charge in [0.2, 0.25) is 0 Å². The van der Waals surface area contributed by atoms with Crippen LogP contribution in [0.15, 0.2) is 24.3 Å². The largest absolute Gasteiger partial charge is 0.497 e. The number of alkyl halides is 3. The van der Waals surface area contributed by atoms with Crippen LogP contribution in [0.25, 0.3) is 11.3 Å². The number of anilines is 1. The summed E-state index contributed by atoms with van der Waals surface area (Å²) >= 11 is 0. The van der Waals surface area contributed by atoms with Crippen LogP contribution in [0.5, 0.6) is 5.75 Å². The minimum absolute atomic E-state index is 0.0598. The van der Waals surface area contributed by atoms with E-state index in [4.69, 9.17) is 9.47 Å². The van der Waals surface area contributed by atoms with Gasteiger partial charge in [0.1, 0.15) is 17.1 Å². The number of hydrogen-bond acceptors (Lipinski definition) is 6. The maximum Gasteiger partial charge on any atom is 0.420 e. The summed E-state index contributed by atoms with van der Waals surface area (Å²) < 4.78 is 66.6. The second-order valence-corrected chi connectivity index (χ2v) is 9.94. The highest BCUT2D eigenvalue weighted by molar-refractivity contribution is 5.64. The molecule has 0 unspecified atom stereocenters. The molecule has 1 N–H and O–H groups in total. The molecule has 1 aliphatic carbocycles. The van der Waals surface area contributed by atoms with Gasteiger partial charge < -0.3 is 19.7 Å². The molecule has 3 fully saturated rings. The van der Waals surface area contributed by atoms with E-state index in [1.165, 1.54) is 19.2 Å². The summed E-state index contributed by atoms with van der Waals surface area (Å²) in [6.45, 7) is 4.75. The van der Waals surface area contributed by atoms with Crippen molar-refractivity contribution < 1.29 is 27.0 Å². The Balaban J connectivity index is 1.26. The number of likely N-dealkylation sites (tertiary alicyclic amines) is 1. The molecule has 2 atom stereocenters.